The highest BCUT2D eigenvalue weighted by atomic mass is 79.9. The summed E-state index contributed by atoms with van der Waals surface area (Å²) in [5.41, 5.74) is 0.531. The lowest BCUT2D eigenvalue weighted by Gasteiger charge is -2.18. The molecule has 0 aliphatic heterocycles. The van der Waals surface area contributed by atoms with Crippen LogP contribution in [0.2, 0.25) is 0 Å². The number of hydrogen-bond acceptors (Lipinski definition) is 4. The molecule has 0 bridgehead atoms. The van der Waals surface area contributed by atoms with Crippen molar-refractivity contribution < 1.29 is 17.9 Å². The Kier molecular flexibility index (Phi) is 5.86. The van der Waals surface area contributed by atoms with Crippen LogP contribution in [0.15, 0.2) is 21.5 Å². The Balaban J connectivity index is 3.03. The first-order chi connectivity index (χ1) is 9.42. The fourth-order valence-electron chi connectivity index (χ4n) is 1.65. The maximum absolute atomic E-state index is 12.1. The van der Waals surface area contributed by atoms with Crippen LogP contribution >= 0.6 is 26.6 Å². The molecule has 118 valence electrons. The molecule has 0 spiro atoms. The largest absolute Gasteiger partial charge is 0.462 e. The van der Waals surface area contributed by atoms with Gasteiger partial charge in [0.1, 0.15) is 0 Å². The predicted molar refractivity (Wildman–Crippen MR) is 86.3 cm³/mol. The number of esters is 1. The molecule has 0 atom stereocenters. The van der Waals surface area contributed by atoms with Crippen LogP contribution in [0.4, 0.5) is 0 Å². The molecule has 0 N–H and O–H groups in total. The zero-order chi connectivity index (χ0) is 16.4. The van der Waals surface area contributed by atoms with Gasteiger partial charge in [-0.15, -0.1) is 0 Å². The van der Waals surface area contributed by atoms with Gasteiger partial charge < -0.3 is 4.74 Å². The second-order valence-electron chi connectivity index (χ2n) is 5.96. The smallest absolute Gasteiger partial charge is 0.338 e. The first kappa shape index (κ1) is 18.5. The van der Waals surface area contributed by atoms with E-state index in [2.05, 4.69) is 15.9 Å². The van der Waals surface area contributed by atoms with Crippen LogP contribution in [0.1, 0.15) is 43.1 Å². The van der Waals surface area contributed by atoms with Gasteiger partial charge in [-0.05, 0) is 36.5 Å². The summed E-state index contributed by atoms with van der Waals surface area (Å²) in [5, 5.41) is 0. The molecule has 1 rings (SSSR count). The van der Waals surface area contributed by atoms with Gasteiger partial charge in [0.05, 0.1) is 17.1 Å². The van der Waals surface area contributed by atoms with Crippen LogP contribution in [-0.2, 0) is 13.8 Å². The molecule has 21 heavy (non-hydrogen) atoms. The predicted octanol–water partition coefficient (Wildman–Crippen LogP) is 4.28. The van der Waals surface area contributed by atoms with E-state index in [4.69, 9.17) is 15.4 Å². The summed E-state index contributed by atoms with van der Waals surface area (Å²) in [6.45, 7) is 7.94. The SMILES string of the molecule is Cc1c(C(=O)OCCC(C)(C)C)cc(Br)cc1S(=O)(=O)Cl. The summed E-state index contributed by atoms with van der Waals surface area (Å²) in [5.74, 6) is -0.556. The van der Waals surface area contributed by atoms with Crippen molar-refractivity contribution in [2.75, 3.05) is 6.61 Å². The lowest BCUT2D eigenvalue weighted by Crippen LogP contribution is -2.14. The van der Waals surface area contributed by atoms with Crippen molar-refractivity contribution in [3.05, 3.63) is 27.7 Å². The van der Waals surface area contributed by atoms with Crippen LogP contribution < -0.4 is 0 Å². The summed E-state index contributed by atoms with van der Waals surface area (Å²) < 4.78 is 28.7. The third-order valence-electron chi connectivity index (χ3n) is 2.89. The van der Waals surface area contributed by atoms with Crippen molar-refractivity contribution in [3.8, 4) is 0 Å². The molecule has 1 aromatic carbocycles. The Morgan fingerprint density at radius 3 is 2.38 bits per heavy atom. The molecule has 0 heterocycles. The molecule has 0 fully saturated rings. The van der Waals surface area contributed by atoms with E-state index in [-0.39, 0.29) is 28.0 Å². The fourth-order valence-corrected chi connectivity index (χ4v) is 3.48. The molecule has 0 saturated heterocycles. The van der Waals surface area contributed by atoms with Crippen molar-refractivity contribution in [2.45, 2.75) is 39.0 Å². The van der Waals surface area contributed by atoms with Gasteiger partial charge in [-0.25, -0.2) is 13.2 Å². The van der Waals surface area contributed by atoms with Crippen molar-refractivity contribution in [3.63, 3.8) is 0 Å². The molecular weight excluding hydrogens is 380 g/mol. The molecule has 0 saturated carbocycles. The highest BCUT2D eigenvalue weighted by molar-refractivity contribution is 9.10. The first-order valence-corrected chi connectivity index (χ1v) is 9.44. The normalized spacial score (nSPS) is 12.3. The molecule has 0 amide bonds. The van der Waals surface area contributed by atoms with E-state index in [9.17, 15) is 13.2 Å². The van der Waals surface area contributed by atoms with E-state index >= 15 is 0 Å². The van der Waals surface area contributed by atoms with Gasteiger partial charge in [0.25, 0.3) is 9.05 Å². The molecule has 0 radical (unpaired) electrons. The highest BCUT2D eigenvalue weighted by Crippen LogP contribution is 2.28. The average molecular weight is 398 g/mol. The molecule has 7 heteroatoms. The zero-order valence-electron chi connectivity index (χ0n) is 12.4. The van der Waals surface area contributed by atoms with Crippen LogP contribution in [-0.4, -0.2) is 21.0 Å². The van der Waals surface area contributed by atoms with E-state index in [0.29, 0.717) is 10.9 Å². The molecule has 0 aliphatic carbocycles. The quantitative estimate of drug-likeness (QED) is 0.562. The van der Waals surface area contributed by atoms with Gasteiger partial charge >= 0.3 is 5.97 Å². The van der Waals surface area contributed by atoms with E-state index < -0.39 is 15.0 Å². The maximum atomic E-state index is 12.1. The number of rotatable bonds is 4. The van der Waals surface area contributed by atoms with E-state index in [0.717, 1.165) is 0 Å². The summed E-state index contributed by atoms with van der Waals surface area (Å²) in [6.07, 6.45) is 0.715. The number of benzene rings is 1. The number of carbonyl (C=O) groups excluding carboxylic acids is 1. The van der Waals surface area contributed by atoms with Gasteiger partial charge in [-0.3, -0.25) is 0 Å². The average Bonchev–Trinajstić information content (AvgIpc) is 2.28. The third-order valence-corrected chi connectivity index (χ3v) is 4.80. The Bertz CT molecular complexity index is 648. The molecular formula is C14H18BrClO4S. The van der Waals surface area contributed by atoms with Gasteiger partial charge in [0.15, 0.2) is 0 Å². The fraction of sp³-hybridized carbons (Fsp3) is 0.500. The monoisotopic (exact) mass is 396 g/mol. The summed E-state index contributed by atoms with van der Waals surface area (Å²) in [7, 11) is 1.45. The van der Waals surface area contributed by atoms with Crippen LogP contribution in [0.5, 0.6) is 0 Å². The summed E-state index contributed by atoms with van der Waals surface area (Å²) in [4.78, 5) is 12.0. The van der Waals surface area contributed by atoms with Crippen LogP contribution in [0.3, 0.4) is 0 Å². The Hall–Kier alpha value is -0.590. The molecule has 0 aromatic heterocycles. The number of ether oxygens (including phenoxy) is 1. The minimum atomic E-state index is -3.92. The molecule has 0 unspecified atom stereocenters. The van der Waals surface area contributed by atoms with Crippen molar-refractivity contribution in [2.24, 2.45) is 5.41 Å². The van der Waals surface area contributed by atoms with Crippen molar-refractivity contribution in [1.82, 2.24) is 0 Å². The number of hydrogen-bond donors (Lipinski definition) is 0. The lowest BCUT2D eigenvalue weighted by molar-refractivity contribution is 0.0463. The second-order valence-corrected chi connectivity index (χ2v) is 9.41. The van der Waals surface area contributed by atoms with Crippen LogP contribution in [0, 0.1) is 12.3 Å². The van der Waals surface area contributed by atoms with Gasteiger partial charge in [0.2, 0.25) is 0 Å². The molecule has 1 aromatic rings. The van der Waals surface area contributed by atoms with E-state index in [1.54, 1.807) is 0 Å². The Morgan fingerprint density at radius 2 is 1.90 bits per heavy atom. The topological polar surface area (TPSA) is 60.4 Å². The van der Waals surface area contributed by atoms with Crippen molar-refractivity contribution in [1.29, 1.82) is 0 Å². The van der Waals surface area contributed by atoms with Crippen LogP contribution in [0.25, 0.3) is 0 Å². The van der Waals surface area contributed by atoms with E-state index in [1.807, 2.05) is 20.8 Å². The van der Waals surface area contributed by atoms with Gasteiger partial charge in [-0.1, -0.05) is 36.7 Å². The Morgan fingerprint density at radius 1 is 1.33 bits per heavy atom. The minimum absolute atomic E-state index is 0.0528. The summed E-state index contributed by atoms with van der Waals surface area (Å²) >= 11 is 3.18. The maximum Gasteiger partial charge on any atom is 0.338 e. The third kappa shape index (κ3) is 5.60. The zero-order valence-corrected chi connectivity index (χ0v) is 15.5. The number of halogens is 2. The lowest BCUT2D eigenvalue weighted by atomic mass is 9.93. The standard InChI is InChI=1S/C14H18BrClO4S/c1-9-11(13(17)20-6-5-14(2,3)4)7-10(15)8-12(9)21(16,18)19/h7-8H,5-6H2,1-4H3. The number of carbonyl (C=O) groups is 1. The highest BCUT2D eigenvalue weighted by Gasteiger charge is 2.21. The first-order valence-electron chi connectivity index (χ1n) is 6.34. The minimum Gasteiger partial charge on any atom is -0.462 e. The van der Waals surface area contributed by atoms with Gasteiger partial charge in [-0.2, -0.15) is 0 Å². The molecule has 0 aliphatic rings. The Labute approximate surface area is 138 Å². The van der Waals surface area contributed by atoms with Gasteiger partial charge in [0, 0.05) is 15.2 Å². The van der Waals surface area contributed by atoms with Crippen molar-refractivity contribution >= 4 is 41.6 Å². The molecule has 4 nitrogen and oxygen atoms in total. The van der Waals surface area contributed by atoms with E-state index in [1.165, 1.54) is 19.1 Å². The second kappa shape index (κ2) is 6.67. The summed E-state index contributed by atoms with van der Waals surface area (Å²) in [6, 6.07) is 2.89.